The minimum Gasteiger partial charge on any atom is -0.494 e. The molecule has 8 heteroatoms. The highest BCUT2D eigenvalue weighted by atomic mass is 32.2. The fourth-order valence-electron chi connectivity index (χ4n) is 2.03. The number of aliphatic hydroxyl groups excluding tert-OH is 1. The van der Waals surface area contributed by atoms with Crippen LogP contribution in [0, 0.1) is 5.82 Å². The molecule has 0 fully saturated rings. The Morgan fingerprint density at radius 3 is 2.46 bits per heavy atom. The van der Waals surface area contributed by atoms with E-state index < -0.39 is 21.9 Å². The first kappa shape index (κ1) is 18.7. The fraction of sp³-hybridized carbons (Fsp3) is 0.250. The molecule has 5 nitrogen and oxygen atoms in total. The first-order valence-corrected chi connectivity index (χ1v) is 9.73. The molecule has 0 spiro atoms. The Morgan fingerprint density at radius 2 is 1.92 bits per heavy atom. The zero-order chi connectivity index (χ0) is 17.7. The first-order chi connectivity index (χ1) is 11.4. The van der Waals surface area contributed by atoms with Crippen molar-refractivity contribution in [2.24, 2.45) is 0 Å². The molecule has 130 valence electrons. The molecule has 0 saturated heterocycles. The summed E-state index contributed by atoms with van der Waals surface area (Å²) < 4.78 is 45.1. The van der Waals surface area contributed by atoms with E-state index in [1.165, 1.54) is 19.2 Å². The van der Waals surface area contributed by atoms with Crippen LogP contribution in [0.1, 0.15) is 11.7 Å². The van der Waals surface area contributed by atoms with Crippen molar-refractivity contribution < 1.29 is 22.7 Å². The lowest BCUT2D eigenvalue weighted by Crippen LogP contribution is -2.28. The number of aliphatic hydroxyl groups is 1. The summed E-state index contributed by atoms with van der Waals surface area (Å²) in [6.45, 7) is -0.214. The largest absolute Gasteiger partial charge is 0.494 e. The number of halogens is 1. The molecule has 0 bridgehead atoms. The molecule has 0 aromatic heterocycles. The highest BCUT2D eigenvalue weighted by molar-refractivity contribution is 7.98. The molecular formula is C16H18FNO4S2. The summed E-state index contributed by atoms with van der Waals surface area (Å²) in [5, 5.41) is 10.1. The van der Waals surface area contributed by atoms with Gasteiger partial charge in [-0.3, -0.25) is 0 Å². The molecule has 2 rings (SSSR count). The van der Waals surface area contributed by atoms with E-state index in [1.54, 1.807) is 23.9 Å². The van der Waals surface area contributed by atoms with Crippen molar-refractivity contribution in [3.8, 4) is 5.75 Å². The Bertz CT molecular complexity index is 794. The fourth-order valence-corrected chi connectivity index (χ4v) is 3.49. The van der Waals surface area contributed by atoms with Gasteiger partial charge >= 0.3 is 0 Å². The summed E-state index contributed by atoms with van der Waals surface area (Å²) in [6.07, 6.45) is 0.937. The number of hydrogen-bond donors (Lipinski definition) is 2. The molecule has 24 heavy (non-hydrogen) atoms. The van der Waals surface area contributed by atoms with Gasteiger partial charge in [0, 0.05) is 11.4 Å². The van der Waals surface area contributed by atoms with Gasteiger partial charge in [-0.2, -0.15) is 0 Å². The van der Waals surface area contributed by atoms with Crippen LogP contribution in [0.2, 0.25) is 0 Å². The number of benzene rings is 2. The highest BCUT2D eigenvalue weighted by Crippen LogP contribution is 2.22. The van der Waals surface area contributed by atoms with Crippen LogP contribution in [0.5, 0.6) is 5.75 Å². The van der Waals surface area contributed by atoms with Crippen molar-refractivity contribution in [2.45, 2.75) is 15.9 Å². The first-order valence-electron chi connectivity index (χ1n) is 7.02. The van der Waals surface area contributed by atoms with Gasteiger partial charge in [0.05, 0.1) is 18.1 Å². The number of sulfonamides is 1. The molecule has 2 N–H and O–H groups in total. The molecule has 1 atom stereocenters. The Balaban J connectivity index is 2.07. The lowest BCUT2D eigenvalue weighted by atomic mass is 10.1. The third kappa shape index (κ3) is 4.47. The van der Waals surface area contributed by atoms with Gasteiger partial charge in [0.15, 0.2) is 11.6 Å². The smallest absolute Gasteiger partial charge is 0.240 e. The minimum atomic E-state index is -3.93. The van der Waals surface area contributed by atoms with Crippen LogP contribution in [0.3, 0.4) is 0 Å². The molecule has 0 radical (unpaired) electrons. The second kappa shape index (κ2) is 7.98. The molecule has 0 heterocycles. The van der Waals surface area contributed by atoms with E-state index in [-0.39, 0.29) is 17.2 Å². The predicted molar refractivity (Wildman–Crippen MR) is 91.3 cm³/mol. The number of nitrogens with one attached hydrogen (secondary N) is 1. The van der Waals surface area contributed by atoms with Crippen molar-refractivity contribution >= 4 is 21.8 Å². The van der Waals surface area contributed by atoms with Crippen molar-refractivity contribution in [3.63, 3.8) is 0 Å². The van der Waals surface area contributed by atoms with E-state index in [4.69, 9.17) is 4.74 Å². The summed E-state index contributed by atoms with van der Waals surface area (Å²) in [4.78, 5) is 0.811. The van der Waals surface area contributed by atoms with Gasteiger partial charge in [-0.25, -0.2) is 17.5 Å². The van der Waals surface area contributed by atoms with Crippen molar-refractivity contribution in [1.82, 2.24) is 4.72 Å². The van der Waals surface area contributed by atoms with E-state index in [0.29, 0.717) is 5.56 Å². The Labute approximate surface area is 144 Å². The van der Waals surface area contributed by atoms with Crippen LogP contribution in [0.4, 0.5) is 4.39 Å². The third-order valence-corrected chi connectivity index (χ3v) is 5.57. The molecule has 0 aliphatic carbocycles. The summed E-state index contributed by atoms with van der Waals surface area (Å²) in [7, 11) is -2.64. The Morgan fingerprint density at radius 1 is 1.25 bits per heavy atom. The molecular weight excluding hydrogens is 353 g/mol. The number of hydrogen-bond acceptors (Lipinski definition) is 5. The van der Waals surface area contributed by atoms with E-state index in [9.17, 15) is 17.9 Å². The van der Waals surface area contributed by atoms with E-state index in [1.807, 2.05) is 18.4 Å². The highest BCUT2D eigenvalue weighted by Gasteiger charge is 2.18. The van der Waals surface area contributed by atoms with Crippen molar-refractivity contribution in [3.05, 3.63) is 53.8 Å². The zero-order valence-corrected chi connectivity index (χ0v) is 14.8. The zero-order valence-electron chi connectivity index (χ0n) is 13.2. The van der Waals surface area contributed by atoms with Gasteiger partial charge in [-0.15, -0.1) is 11.8 Å². The maximum absolute atomic E-state index is 13.6. The van der Waals surface area contributed by atoms with Gasteiger partial charge in [-0.05, 0) is 42.2 Å². The number of thioether (sulfide) groups is 1. The van der Waals surface area contributed by atoms with Crippen molar-refractivity contribution in [2.75, 3.05) is 19.9 Å². The average molecular weight is 371 g/mol. The normalized spacial score (nSPS) is 12.8. The number of rotatable bonds is 7. The summed E-state index contributed by atoms with van der Waals surface area (Å²) in [5.41, 5.74) is 0.594. The Hall–Kier alpha value is -1.61. The standard InChI is InChI=1S/C16H18FNO4S2/c1-22-16-8-7-13(9-14(16)17)24(20,21)18-10-15(19)11-3-5-12(23-2)6-4-11/h3-9,15,18-19H,10H2,1-2H3. The van der Waals surface area contributed by atoms with Crippen LogP contribution in [0.15, 0.2) is 52.3 Å². The quantitative estimate of drug-likeness (QED) is 0.732. The number of methoxy groups -OCH3 is 1. The Kier molecular flexibility index (Phi) is 6.22. The van der Waals surface area contributed by atoms with Crippen LogP contribution in [0.25, 0.3) is 0 Å². The minimum absolute atomic E-state index is 0.0390. The molecule has 1 unspecified atom stereocenters. The maximum Gasteiger partial charge on any atom is 0.240 e. The topological polar surface area (TPSA) is 75.6 Å². The van der Waals surface area contributed by atoms with E-state index in [2.05, 4.69) is 4.72 Å². The second-order valence-corrected chi connectivity index (χ2v) is 7.58. The molecule has 0 saturated carbocycles. The van der Waals surface area contributed by atoms with Crippen LogP contribution in [-0.4, -0.2) is 33.4 Å². The second-order valence-electron chi connectivity index (χ2n) is 4.94. The van der Waals surface area contributed by atoms with Gasteiger partial charge < -0.3 is 9.84 Å². The molecule has 2 aromatic rings. The van der Waals surface area contributed by atoms with Crippen LogP contribution >= 0.6 is 11.8 Å². The van der Waals surface area contributed by atoms with Crippen LogP contribution < -0.4 is 9.46 Å². The molecule has 0 amide bonds. The predicted octanol–water partition coefficient (Wildman–Crippen LogP) is 2.57. The lowest BCUT2D eigenvalue weighted by molar-refractivity contribution is 0.182. The molecule has 0 aliphatic heterocycles. The third-order valence-electron chi connectivity index (χ3n) is 3.40. The van der Waals surface area contributed by atoms with Gasteiger partial charge in [-0.1, -0.05) is 12.1 Å². The van der Waals surface area contributed by atoms with E-state index in [0.717, 1.165) is 11.0 Å². The van der Waals surface area contributed by atoms with Crippen LogP contribution in [-0.2, 0) is 10.0 Å². The SMILES string of the molecule is COc1ccc(S(=O)(=O)NCC(O)c2ccc(SC)cc2)cc1F. The number of ether oxygens (including phenoxy) is 1. The van der Waals surface area contributed by atoms with Gasteiger partial charge in [0.25, 0.3) is 0 Å². The average Bonchev–Trinajstić information content (AvgIpc) is 2.59. The molecule has 2 aromatic carbocycles. The molecule has 0 aliphatic rings. The van der Waals surface area contributed by atoms with E-state index >= 15 is 0 Å². The monoisotopic (exact) mass is 371 g/mol. The van der Waals surface area contributed by atoms with Crippen molar-refractivity contribution in [1.29, 1.82) is 0 Å². The summed E-state index contributed by atoms with van der Waals surface area (Å²) in [5.74, 6) is -0.809. The summed E-state index contributed by atoms with van der Waals surface area (Å²) in [6, 6.07) is 10.5. The maximum atomic E-state index is 13.6. The van der Waals surface area contributed by atoms with Gasteiger partial charge in [0.2, 0.25) is 10.0 Å². The summed E-state index contributed by atoms with van der Waals surface area (Å²) >= 11 is 1.57. The lowest BCUT2D eigenvalue weighted by Gasteiger charge is -2.13. The van der Waals surface area contributed by atoms with Gasteiger partial charge in [0.1, 0.15) is 0 Å².